The zero-order chi connectivity index (χ0) is 17.4. The van der Waals surface area contributed by atoms with Crippen molar-refractivity contribution in [2.24, 2.45) is 0 Å². The normalized spacial score (nSPS) is 11.6. The molecule has 2 aromatic rings. The van der Waals surface area contributed by atoms with Gasteiger partial charge in [0.2, 0.25) is 0 Å². The molecule has 0 radical (unpaired) electrons. The van der Waals surface area contributed by atoms with Crippen molar-refractivity contribution < 1.29 is 19.0 Å². The molecule has 6 nitrogen and oxygen atoms in total. The van der Waals surface area contributed by atoms with Gasteiger partial charge in [-0.15, -0.1) is 17.9 Å². The van der Waals surface area contributed by atoms with E-state index in [-0.39, 0.29) is 6.61 Å². The van der Waals surface area contributed by atoms with Gasteiger partial charge in [-0.05, 0) is 31.2 Å². The van der Waals surface area contributed by atoms with Crippen LogP contribution in [0.2, 0.25) is 0 Å². The van der Waals surface area contributed by atoms with Crippen molar-refractivity contribution in [3.05, 3.63) is 48.0 Å². The molecule has 1 aromatic heterocycles. The Kier molecular flexibility index (Phi) is 6.77. The first kappa shape index (κ1) is 18.0. The number of anilines is 2. The Bertz CT molecular complexity index is 669. The average molecular weight is 348 g/mol. The van der Waals surface area contributed by atoms with Crippen LogP contribution in [-0.4, -0.2) is 30.8 Å². The molecule has 128 valence electrons. The molecule has 1 unspecified atom stereocenters. The highest BCUT2D eigenvalue weighted by Gasteiger charge is 2.15. The molecular weight excluding hydrogens is 328 g/mol. The van der Waals surface area contributed by atoms with E-state index in [1.54, 1.807) is 20.1 Å². The van der Waals surface area contributed by atoms with E-state index in [2.05, 4.69) is 16.9 Å². The van der Waals surface area contributed by atoms with E-state index in [0.29, 0.717) is 12.3 Å². The van der Waals surface area contributed by atoms with Crippen molar-refractivity contribution in [2.45, 2.75) is 19.6 Å². The van der Waals surface area contributed by atoms with E-state index in [9.17, 15) is 4.79 Å². The summed E-state index contributed by atoms with van der Waals surface area (Å²) in [5, 5.41) is 5.76. The van der Waals surface area contributed by atoms with E-state index in [1.165, 1.54) is 11.3 Å². The lowest BCUT2D eigenvalue weighted by molar-refractivity contribution is -0.156. The maximum absolute atomic E-state index is 11.7. The van der Waals surface area contributed by atoms with Crippen molar-refractivity contribution in [2.75, 3.05) is 19.0 Å². The van der Waals surface area contributed by atoms with Gasteiger partial charge in [-0.1, -0.05) is 6.08 Å². The smallest absolute Gasteiger partial charge is 0.335 e. The third-order valence-electron chi connectivity index (χ3n) is 3.05. The molecule has 2 rings (SSSR count). The van der Waals surface area contributed by atoms with Crippen LogP contribution < -0.4 is 10.1 Å². The number of esters is 1. The predicted molar refractivity (Wildman–Crippen MR) is 93.8 cm³/mol. The molecular formula is C17H20N2O4S. The Morgan fingerprint density at radius 2 is 2.17 bits per heavy atom. The second kappa shape index (κ2) is 9.05. The number of rotatable bonds is 9. The van der Waals surface area contributed by atoms with Crippen molar-refractivity contribution in [3.8, 4) is 5.75 Å². The molecule has 1 atom stereocenters. The average Bonchev–Trinajstić information content (AvgIpc) is 3.05. The monoisotopic (exact) mass is 348 g/mol. The highest BCUT2D eigenvalue weighted by Crippen LogP contribution is 2.23. The predicted octanol–water partition coefficient (Wildman–Crippen LogP) is 3.53. The summed E-state index contributed by atoms with van der Waals surface area (Å²) in [6.07, 6.45) is 0.958. The molecule has 0 saturated heterocycles. The Morgan fingerprint density at radius 1 is 1.42 bits per heavy atom. The van der Waals surface area contributed by atoms with E-state index in [0.717, 1.165) is 16.6 Å². The number of aromatic nitrogens is 1. The Balaban J connectivity index is 1.84. The molecule has 0 saturated carbocycles. The lowest BCUT2D eigenvalue weighted by Crippen LogP contribution is -2.23. The van der Waals surface area contributed by atoms with Gasteiger partial charge in [-0.2, -0.15) is 0 Å². The summed E-state index contributed by atoms with van der Waals surface area (Å²) in [6, 6.07) is 7.53. The number of carbonyl (C=O) groups excluding carboxylic acids is 1. The molecule has 24 heavy (non-hydrogen) atoms. The van der Waals surface area contributed by atoms with E-state index < -0.39 is 12.1 Å². The van der Waals surface area contributed by atoms with Gasteiger partial charge in [0, 0.05) is 11.1 Å². The molecule has 1 aromatic carbocycles. The first-order valence-electron chi connectivity index (χ1n) is 7.37. The van der Waals surface area contributed by atoms with Crippen LogP contribution in [0.3, 0.4) is 0 Å². The van der Waals surface area contributed by atoms with Crippen LogP contribution in [0.4, 0.5) is 10.8 Å². The van der Waals surface area contributed by atoms with Gasteiger partial charge >= 0.3 is 5.97 Å². The zero-order valence-electron chi connectivity index (χ0n) is 13.7. The second-order valence-electron chi connectivity index (χ2n) is 4.87. The van der Waals surface area contributed by atoms with Gasteiger partial charge in [0.1, 0.15) is 12.4 Å². The maximum Gasteiger partial charge on any atom is 0.335 e. The number of benzene rings is 1. The highest BCUT2D eigenvalue weighted by molar-refractivity contribution is 7.13. The van der Waals surface area contributed by atoms with Crippen LogP contribution in [0.5, 0.6) is 5.75 Å². The first-order valence-corrected chi connectivity index (χ1v) is 8.25. The molecule has 0 aliphatic rings. The number of hydrogen-bond acceptors (Lipinski definition) is 7. The topological polar surface area (TPSA) is 69.7 Å². The minimum atomic E-state index is -0.626. The van der Waals surface area contributed by atoms with Gasteiger partial charge in [-0.25, -0.2) is 9.78 Å². The summed E-state index contributed by atoms with van der Waals surface area (Å²) in [7, 11) is 1.63. The summed E-state index contributed by atoms with van der Waals surface area (Å²) in [5.74, 6) is 0.370. The quantitative estimate of drug-likeness (QED) is 0.552. The van der Waals surface area contributed by atoms with Gasteiger partial charge in [-0.3, -0.25) is 0 Å². The number of methoxy groups -OCH3 is 1. The lowest BCUT2D eigenvalue weighted by Gasteiger charge is -2.10. The Hall–Kier alpha value is -2.38. The Morgan fingerprint density at radius 3 is 2.83 bits per heavy atom. The van der Waals surface area contributed by atoms with E-state index >= 15 is 0 Å². The van der Waals surface area contributed by atoms with Crippen molar-refractivity contribution in [3.63, 3.8) is 0 Å². The third kappa shape index (κ3) is 5.36. The number of nitrogens with zero attached hydrogens (tertiary/aromatic N) is 1. The number of thiazole rings is 1. The minimum Gasteiger partial charge on any atom is -0.497 e. The fraction of sp³-hybridized carbons (Fsp3) is 0.294. The van der Waals surface area contributed by atoms with Gasteiger partial charge < -0.3 is 19.5 Å². The standard InChI is InChI=1S/C17H20N2O4S/c1-4-9-22-12(2)16(20)23-10-14-11-24-17(19-14)18-13-5-7-15(21-3)8-6-13/h4-8,11-12H,1,9-10H2,2-3H3,(H,18,19). The van der Waals surface area contributed by atoms with Crippen molar-refractivity contribution >= 4 is 28.1 Å². The summed E-state index contributed by atoms with van der Waals surface area (Å²) < 4.78 is 15.5. The summed E-state index contributed by atoms with van der Waals surface area (Å²) in [6.45, 7) is 5.60. The van der Waals surface area contributed by atoms with Gasteiger partial charge in [0.25, 0.3) is 0 Å². The molecule has 7 heteroatoms. The summed E-state index contributed by atoms with van der Waals surface area (Å²) in [5.41, 5.74) is 1.58. The van der Waals surface area contributed by atoms with Crippen LogP contribution in [-0.2, 0) is 20.9 Å². The molecule has 1 N–H and O–H groups in total. The molecule has 1 heterocycles. The SMILES string of the molecule is C=CCOC(C)C(=O)OCc1csc(Nc2ccc(OC)cc2)n1. The molecule has 0 fully saturated rings. The number of carbonyl (C=O) groups is 1. The van der Waals surface area contributed by atoms with E-state index in [1.807, 2.05) is 29.6 Å². The number of ether oxygens (including phenoxy) is 3. The minimum absolute atomic E-state index is 0.113. The number of hydrogen-bond donors (Lipinski definition) is 1. The van der Waals surface area contributed by atoms with E-state index in [4.69, 9.17) is 14.2 Å². The highest BCUT2D eigenvalue weighted by atomic mass is 32.1. The van der Waals surface area contributed by atoms with Crippen LogP contribution in [0.15, 0.2) is 42.3 Å². The molecule has 0 spiro atoms. The summed E-state index contributed by atoms with van der Waals surface area (Å²) in [4.78, 5) is 16.1. The molecule has 0 aliphatic carbocycles. The lowest BCUT2D eigenvalue weighted by atomic mass is 10.3. The van der Waals surface area contributed by atoms with Crippen molar-refractivity contribution in [1.82, 2.24) is 4.98 Å². The summed E-state index contributed by atoms with van der Waals surface area (Å²) >= 11 is 1.44. The van der Waals surface area contributed by atoms with Crippen LogP contribution in [0, 0.1) is 0 Å². The largest absolute Gasteiger partial charge is 0.497 e. The first-order chi connectivity index (χ1) is 11.6. The molecule has 0 amide bonds. The van der Waals surface area contributed by atoms with Crippen molar-refractivity contribution in [1.29, 1.82) is 0 Å². The van der Waals surface area contributed by atoms with Gasteiger partial charge in [0.05, 0.1) is 19.4 Å². The van der Waals surface area contributed by atoms with Crippen LogP contribution >= 0.6 is 11.3 Å². The Labute approximate surface area is 145 Å². The zero-order valence-corrected chi connectivity index (χ0v) is 14.5. The fourth-order valence-electron chi connectivity index (χ4n) is 1.77. The number of nitrogens with one attached hydrogen (secondary N) is 1. The second-order valence-corrected chi connectivity index (χ2v) is 5.73. The molecule has 0 bridgehead atoms. The van der Waals surface area contributed by atoms with Crippen LogP contribution in [0.1, 0.15) is 12.6 Å². The van der Waals surface area contributed by atoms with Crippen LogP contribution in [0.25, 0.3) is 0 Å². The fourth-order valence-corrected chi connectivity index (χ4v) is 2.49. The maximum atomic E-state index is 11.7. The third-order valence-corrected chi connectivity index (χ3v) is 3.86. The van der Waals surface area contributed by atoms with Gasteiger partial charge in [0.15, 0.2) is 11.2 Å². The molecule has 0 aliphatic heterocycles.